The van der Waals surface area contributed by atoms with Crippen LogP contribution >= 0.6 is 0 Å². The van der Waals surface area contributed by atoms with E-state index >= 15 is 0 Å². The van der Waals surface area contributed by atoms with Gasteiger partial charge < -0.3 is 5.32 Å². The molecule has 0 fully saturated rings. The lowest BCUT2D eigenvalue weighted by atomic mass is 10.2. The summed E-state index contributed by atoms with van der Waals surface area (Å²) >= 11 is 0. The molecule has 0 bridgehead atoms. The molecule has 80 valence electrons. The first-order valence-electron chi connectivity index (χ1n) is 5.08. The van der Waals surface area contributed by atoms with Crippen molar-refractivity contribution in [2.24, 2.45) is 0 Å². The van der Waals surface area contributed by atoms with Crippen molar-refractivity contribution in [3.8, 4) is 6.07 Å². The van der Waals surface area contributed by atoms with Gasteiger partial charge in [0.2, 0.25) is 0 Å². The fourth-order valence-electron chi connectivity index (χ4n) is 1.14. The van der Waals surface area contributed by atoms with E-state index < -0.39 is 0 Å². The van der Waals surface area contributed by atoms with Crippen molar-refractivity contribution in [1.29, 1.82) is 5.26 Å². The summed E-state index contributed by atoms with van der Waals surface area (Å²) in [7, 11) is 0. The lowest BCUT2D eigenvalue weighted by Gasteiger charge is -2.12. The standard InChI is InChI=1S/C11H16N4/c1-7(2)10-13-6-9(5-12)11(15-10)14-8(3)4/h6-8H,1-4H3,(H,13,14,15). The van der Waals surface area contributed by atoms with Crippen molar-refractivity contribution < 1.29 is 0 Å². The van der Waals surface area contributed by atoms with Crippen LogP contribution in [0.5, 0.6) is 0 Å². The summed E-state index contributed by atoms with van der Waals surface area (Å²) in [5.41, 5.74) is 0.494. The van der Waals surface area contributed by atoms with Crippen LogP contribution in [-0.4, -0.2) is 16.0 Å². The number of nitrogens with one attached hydrogen (secondary N) is 1. The molecule has 0 radical (unpaired) electrons. The average Bonchev–Trinajstić information content (AvgIpc) is 2.16. The quantitative estimate of drug-likeness (QED) is 0.820. The molecule has 15 heavy (non-hydrogen) atoms. The molecule has 4 nitrogen and oxygen atoms in total. The maximum absolute atomic E-state index is 8.89. The number of nitriles is 1. The van der Waals surface area contributed by atoms with E-state index in [0.717, 1.165) is 5.82 Å². The Hall–Kier alpha value is -1.63. The normalized spacial score (nSPS) is 10.5. The van der Waals surface area contributed by atoms with E-state index in [2.05, 4.69) is 21.4 Å². The largest absolute Gasteiger partial charge is 0.367 e. The Bertz CT molecular complexity index is 377. The Morgan fingerprint density at radius 2 is 2.00 bits per heavy atom. The van der Waals surface area contributed by atoms with Gasteiger partial charge in [-0.15, -0.1) is 0 Å². The third-order valence-corrected chi connectivity index (χ3v) is 1.87. The minimum absolute atomic E-state index is 0.256. The second kappa shape index (κ2) is 4.74. The molecule has 0 amide bonds. The number of hydrogen-bond acceptors (Lipinski definition) is 4. The monoisotopic (exact) mass is 204 g/mol. The van der Waals surface area contributed by atoms with Gasteiger partial charge in [-0.3, -0.25) is 0 Å². The highest BCUT2D eigenvalue weighted by Gasteiger charge is 2.09. The highest BCUT2D eigenvalue weighted by atomic mass is 15.0. The summed E-state index contributed by atoms with van der Waals surface area (Å²) in [6.07, 6.45) is 1.58. The second-order valence-corrected chi connectivity index (χ2v) is 4.06. The molecule has 0 aromatic carbocycles. The van der Waals surface area contributed by atoms with Crippen molar-refractivity contribution >= 4 is 5.82 Å². The highest BCUT2D eigenvalue weighted by molar-refractivity contribution is 5.51. The van der Waals surface area contributed by atoms with Crippen molar-refractivity contribution in [1.82, 2.24) is 9.97 Å². The Balaban J connectivity index is 3.09. The van der Waals surface area contributed by atoms with Gasteiger partial charge in [-0.05, 0) is 13.8 Å². The first-order chi connectivity index (χ1) is 7.04. The second-order valence-electron chi connectivity index (χ2n) is 4.06. The SMILES string of the molecule is CC(C)Nc1nc(C(C)C)ncc1C#N. The summed E-state index contributed by atoms with van der Waals surface area (Å²) in [4.78, 5) is 8.48. The molecule has 0 atom stereocenters. The Morgan fingerprint density at radius 3 is 2.47 bits per heavy atom. The molecule has 0 unspecified atom stereocenters. The molecular formula is C11H16N4. The molecule has 1 heterocycles. The van der Waals surface area contributed by atoms with Gasteiger partial charge in [-0.2, -0.15) is 5.26 Å². The van der Waals surface area contributed by atoms with Crippen LogP contribution in [0.4, 0.5) is 5.82 Å². The van der Waals surface area contributed by atoms with Crippen LogP contribution in [0.25, 0.3) is 0 Å². The van der Waals surface area contributed by atoms with E-state index in [4.69, 9.17) is 5.26 Å². The van der Waals surface area contributed by atoms with Crippen LogP contribution in [0.3, 0.4) is 0 Å². The summed E-state index contributed by atoms with van der Waals surface area (Å²) in [5.74, 6) is 1.66. The number of hydrogen-bond donors (Lipinski definition) is 1. The Labute approximate surface area is 90.4 Å². The lowest BCUT2D eigenvalue weighted by Crippen LogP contribution is -2.14. The smallest absolute Gasteiger partial charge is 0.147 e. The molecule has 1 rings (SSSR count). The van der Waals surface area contributed by atoms with Crippen LogP contribution in [-0.2, 0) is 0 Å². The zero-order valence-corrected chi connectivity index (χ0v) is 9.57. The van der Waals surface area contributed by atoms with E-state index in [0.29, 0.717) is 11.4 Å². The Morgan fingerprint density at radius 1 is 1.33 bits per heavy atom. The number of rotatable bonds is 3. The highest BCUT2D eigenvalue weighted by Crippen LogP contribution is 2.16. The summed E-state index contributed by atoms with van der Waals surface area (Å²) in [6, 6.07) is 2.34. The summed E-state index contributed by atoms with van der Waals surface area (Å²) in [5, 5.41) is 12.0. The van der Waals surface area contributed by atoms with Gasteiger partial charge in [-0.25, -0.2) is 9.97 Å². The molecule has 0 saturated heterocycles. The zero-order chi connectivity index (χ0) is 11.4. The molecule has 1 aromatic heterocycles. The van der Waals surface area contributed by atoms with Crippen LogP contribution < -0.4 is 5.32 Å². The minimum Gasteiger partial charge on any atom is -0.367 e. The van der Waals surface area contributed by atoms with E-state index in [1.807, 2.05) is 27.7 Å². The van der Waals surface area contributed by atoms with Gasteiger partial charge >= 0.3 is 0 Å². The van der Waals surface area contributed by atoms with E-state index in [1.165, 1.54) is 0 Å². The maximum atomic E-state index is 8.89. The van der Waals surface area contributed by atoms with Gasteiger partial charge in [0.1, 0.15) is 23.3 Å². The van der Waals surface area contributed by atoms with Crippen molar-refractivity contribution in [2.45, 2.75) is 39.7 Å². The molecule has 0 spiro atoms. The molecule has 1 N–H and O–H groups in total. The van der Waals surface area contributed by atoms with Crippen molar-refractivity contribution in [2.75, 3.05) is 5.32 Å². The first kappa shape index (κ1) is 11.4. The van der Waals surface area contributed by atoms with Gasteiger partial charge in [-0.1, -0.05) is 13.8 Å². The predicted octanol–water partition coefficient (Wildman–Crippen LogP) is 2.29. The first-order valence-corrected chi connectivity index (χ1v) is 5.08. The van der Waals surface area contributed by atoms with Gasteiger partial charge in [0.15, 0.2) is 0 Å². The molecule has 0 aliphatic heterocycles. The van der Waals surface area contributed by atoms with E-state index in [-0.39, 0.29) is 12.0 Å². The van der Waals surface area contributed by atoms with Gasteiger partial charge in [0, 0.05) is 12.0 Å². The minimum atomic E-state index is 0.256. The topological polar surface area (TPSA) is 61.6 Å². The third-order valence-electron chi connectivity index (χ3n) is 1.87. The van der Waals surface area contributed by atoms with Crippen LogP contribution in [0.15, 0.2) is 6.20 Å². The van der Waals surface area contributed by atoms with E-state index in [9.17, 15) is 0 Å². The number of nitrogens with zero attached hydrogens (tertiary/aromatic N) is 3. The molecule has 0 aliphatic carbocycles. The lowest BCUT2D eigenvalue weighted by molar-refractivity contribution is 0.768. The average molecular weight is 204 g/mol. The number of aromatic nitrogens is 2. The van der Waals surface area contributed by atoms with Crippen molar-refractivity contribution in [3.05, 3.63) is 17.6 Å². The summed E-state index contributed by atoms with van der Waals surface area (Å²) < 4.78 is 0. The molecule has 4 heteroatoms. The predicted molar refractivity (Wildman–Crippen MR) is 59.6 cm³/mol. The Kier molecular flexibility index (Phi) is 3.62. The molecule has 0 aliphatic rings. The van der Waals surface area contributed by atoms with E-state index in [1.54, 1.807) is 6.20 Å². The van der Waals surface area contributed by atoms with Crippen molar-refractivity contribution in [3.63, 3.8) is 0 Å². The molecule has 0 saturated carbocycles. The van der Waals surface area contributed by atoms with Crippen LogP contribution in [0.2, 0.25) is 0 Å². The summed E-state index contributed by atoms with van der Waals surface area (Å²) in [6.45, 7) is 8.08. The molecule has 1 aromatic rings. The zero-order valence-electron chi connectivity index (χ0n) is 9.57. The van der Waals surface area contributed by atoms with Crippen LogP contribution in [0, 0.1) is 11.3 Å². The van der Waals surface area contributed by atoms with Crippen LogP contribution in [0.1, 0.15) is 45.0 Å². The number of anilines is 1. The maximum Gasteiger partial charge on any atom is 0.147 e. The fourth-order valence-corrected chi connectivity index (χ4v) is 1.14. The third kappa shape index (κ3) is 2.91. The molecular weight excluding hydrogens is 188 g/mol. The van der Waals surface area contributed by atoms with Gasteiger partial charge in [0.05, 0.1) is 6.20 Å². The fraction of sp³-hybridized carbons (Fsp3) is 0.545. The van der Waals surface area contributed by atoms with Gasteiger partial charge in [0.25, 0.3) is 0 Å².